The first kappa shape index (κ1) is 29.1. The number of esters is 2. The summed E-state index contributed by atoms with van der Waals surface area (Å²) in [7, 11) is 1.08. The molecule has 0 amide bonds. The van der Waals surface area contributed by atoms with Crippen LogP contribution in [0.4, 0.5) is 0 Å². The minimum atomic E-state index is -2.19. The maximum absolute atomic E-state index is 12.6. The highest BCUT2D eigenvalue weighted by Gasteiger charge is 2.69. The third kappa shape index (κ3) is 5.44. The first-order valence-corrected chi connectivity index (χ1v) is 12.2. The zero-order valence-electron chi connectivity index (χ0n) is 21.2. The van der Waals surface area contributed by atoms with Gasteiger partial charge in [-0.25, -0.2) is 9.59 Å². The first-order chi connectivity index (χ1) is 18.4. The summed E-state index contributed by atoms with van der Waals surface area (Å²) in [4.78, 5) is 25.1. The summed E-state index contributed by atoms with van der Waals surface area (Å²) in [6.45, 7) is 0.532. The quantitative estimate of drug-likeness (QED) is 0.166. The Morgan fingerprint density at radius 1 is 1.08 bits per heavy atom. The second-order valence-corrected chi connectivity index (χ2v) is 9.86. The van der Waals surface area contributed by atoms with Crippen LogP contribution in [-0.2, 0) is 33.3 Å². The molecular weight excluding hydrogens is 520 g/mol. The second-order valence-electron chi connectivity index (χ2n) is 9.86. The SMILES string of the molecule is COC(=O)C1=CO[C@@H](O[C@@H]2O[C@H](CO)[C@@H](O)[C@H](O)[C@H]2O)[C@@H]2[C@@](C)(O)[C@@H](OC(=O)/C=C/c3ccccc3)C[C@]12O. The largest absolute Gasteiger partial charge is 0.471 e. The van der Waals surface area contributed by atoms with Gasteiger partial charge in [-0.05, 0) is 18.6 Å². The van der Waals surface area contributed by atoms with Crippen molar-refractivity contribution in [3.05, 3.63) is 53.8 Å². The van der Waals surface area contributed by atoms with Crippen LogP contribution in [0.15, 0.2) is 48.2 Å². The van der Waals surface area contributed by atoms with Gasteiger partial charge in [-0.2, -0.15) is 0 Å². The van der Waals surface area contributed by atoms with Gasteiger partial charge >= 0.3 is 11.9 Å². The average Bonchev–Trinajstić information content (AvgIpc) is 3.12. The van der Waals surface area contributed by atoms with Crippen molar-refractivity contribution in [2.24, 2.45) is 5.92 Å². The average molecular weight is 553 g/mol. The Bertz CT molecular complexity index is 1100. The fraction of sp³-hybridized carbons (Fsp3) is 0.538. The number of hydrogen-bond acceptors (Lipinski definition) is 13. The lowest BCUT2D eigenvalue weighted by atomic mass is 9.77. The van der Waals surface area contributed by atoms with Crippen molar-refractivity contribution < 1.29 is 63.9 Å². The molecule has 0 unspecified atom stereocenters. The molecule has 0 aromatic heterocycles. The smallest absolute Gasteiger partial charge is 0.339 e. The molecule has 13 heteroatoms. The van der Waals surface area contributed by atoms with Gasteiger partial charge < -0.3 is 54.3 Å². The molecule has 13 nitrogen and oxygen atoms in total. The van der Waals surface area contributed by atoms with E-state index in [4.69, 9.17) is 23.7 Å². The van der Waals surface area contributed by atoms with E-state index in [9.17, 15) is 40.2 Å². The number of aliphatic hydroxyl groups is 6. The molecule has 0 spiro atoms. The third-order valence-corrected chi connectivity index (χ3v) is 7.34. The summed E-state index contributed by atoms with van der Waals surface area (Å²) in [6.07, 6.45) is -8.13. The Balaban J connectivity index is 1.61. The number of ether oxygens (including phenoxy) is 5. The standard InChI is InChI=1S/C26H32O13/c1-25(33)16(38-17(28)9-8-13-6-4-3-5-7-13)10-26(34)14(22(32)35-2)12-36-24(21(25)26)39-23-20(31)19(30)18(29)15(11-27)37-23/h3-9,12,15-16,18-21,23-24,27,29-31,33-34H,10-11H2,1-2H3/b9-8+/t15-,16+,18-,19+,20-,21-,23+,24+,25+,26+/m1/s1. The van der Waals surface area contributed by atoms with Crippen LogP contribution in [-0.4, -0.2) is 111 Å². The summed E-state index contributed by atoms with van der Waals surface area (Å²) in [5, 5.41) is 63.3. The van der Waals surface area contributed by atoms with E-state index in [0.29, 0.717) is 0 Å². The topological polar surface area (TPSA) is 202 Å². The van der Waals surface area contributed by atoms with E-state index in [1.807, 2.05) is 6.07 Å². The number of carbonyl (C=O) groups excluding carboxylic acids is 2. The maximum atomic E-state index is 12.6. The van der Waals surface area contributed by atoms with E-state index in [0.717, 1.165) is 25.0 Å². The Morgan fingerprint density at radius 3 is 2.41 bits per heavy atom. The van der Waals surface area contributed by atoms with Crippen molar-refractivity contribution in [1.82, 2.24) is 0 Å². The van der Waals surface area contributed by atoms with E-state index in [1.54, 1.807) is 24.3 Å². The molecule has 1 aromatic carbocycles. The molecule has 39 heavy (non-hydrogen) atoms. The van der Waals surface area contributed by atoms with Gasteiger partial charge in [-0.1, -0.05) is 30.3 Å². The number of aliphatic hydroxyl groups excluding tert-OH is 4. The molecule has 2 aliphatic heterocycles. The molecule has 1 aromatic rings. The van der Waals surface area contributed by atoms with Crippen LogP contribution in [0.25, 0.3) is 6.08 Å². The molecule has 4 rings (SSSR count). The van der Waals surface area contributed by atoms with Gasteiger partial charge in [0.15, 0.2) is 6.29 Å². The van der Waals surface area contributed by atoms with E-state index >= 15 is 0 Å². The summed E-state index contributed by atoms with van der Waals surface area (Å²) >= 11 is 0. The minimum Gasteiger partial charge on any atom is -0.471 e. The minimum absolute atomic E-state index is 0.373. The van der Waals surface area contributed by atoms with Crippen molar-refractivity contribution in [3.8, 4) is 0 Å². The highest BCUT2D eigenvalue weighted by atomic mass is 16.8. The van der Waals surface area contributed by atoms with E-state index in [2.05, 4.69) is 0 Å². The van der Waals surface area contributed by atoms with Crippen LogP contribution in [0.2, 0.25) is 0 Å². The van der Waals surface area contributed by atoms with E-state index < -0.39 is 85.2 Å². The first-order valence-electron chi connectivity index (χ1n) is 12.2. The van der Waals surface area contributed by atoms with E-state index in [-0.39, 0.29) is 5.57 Å². The highest BCUT2D eigenvalue weighted by molar-refractivity contribution is 5.91. The zero-order chi connectivity index (χ0) is 28.5. The third-order valence-electron chi connectivity index (χ3n) is 7.34. The van der Waals surface area contributed by atoms with Gasteiger partial charge in [0.2, 0.25) is 6.29 Å². The normalized spacial score (nSPS) is 39.9. The van der Waals surface area contributed by atoms with Crippen LogP contribution >= 0.6 is 0 Å². The zero-order valence-corrected chi connectivity index (χ0v) is 21.2. The lowest BCUT2D eigenvalue weighted by Crippen LogP contribution is -2.62. The summed E-state index contributed by atoms with van der Waals surface area (Å²) in [5.41, 5.74) is -3.92. The van der Waals surface area contributed by atoms with Crippen molar-refractivity contribution in [1.29, 1.82) is 0 Å². The Hall–Kier alpha value is -2.88. The number of rotatable bonds is 7. The monoisotopic (exact) mass is 552 g/mol. The molecule has 3 aliphatic rings. The fourth-order valence-corrected chi connectivity index (χ4v) is 5.22. The molecule has 1 saturated heterocycles. The number of methoxy groups -OCH3 is 1. The summed E-state index contributed by atoms with van der Waals surface area (Å²) in [6, 6.07) is 8.90. The Labute approximate surface area is 223 Å². The lowest BCUT2D eigenvalue weighted by molar-refractivity contribution is -0.352. The van der Waals surface area contributed by atoms with Gasteiger partial charge in [0.05, 0.1) is 25.9 Å². The summed E-state index contributed by atoms with van der Waals surface area (Å²) < 4.78 is 26.8. The fourth-order valence-electron chi connectivity index (χ4n) is 5.22. The van der Waals surface area contributed by atoms with Crippen LogP contribution in [0.3, 0.4) is 0 Å². The molecule has 2 heterocycles. The van der Waals surface area contributed by atoms with Crippen LogP contribution in [0, 0.1) is 5.92 Å². The van der Waals surface area contributed by atoms with Crippen molar-refractivity contribution >= 4 is 18.0 Å². The number of fused-ring (bicyclic) bond motifs is 1. The van der Waals surface area contributed by atoms with Gasteiger partial charge in [-0.15, -0.1) is 0 Å². The highest BCUT2D eigenvalue weighted by Crippen LogP contribution is 2.53. The van der Waals surface area contributed by atoms with Gasteiger partial charge in [0, 0.05) is 12.5 Å². The van der Waals surface area contributed by atoms with E-state index in [1.165, 1.54) is 13.0 Å². The van der Waals surface area contributed by atoms with Gasteiger partial charge in [0.1, 0.15) is 47.3 Å². The summed E-state index contributed by atoms with van der Waals surface area (Å²) in [5.74, 6) is -3.31. The molecule has 0 bridgehead atoms. The van der Waals surface area contributed by atoms with Crippen LogP contribution in [0.5, 0.6) is 0 Å². The van der Waals surface area contributed by atoms with Crippen molar-refractivity contribution in [3.63, 3.8) is 0 Å². The van der Waals surface area contributed by atoms with Crippen LogP contribution in [0.1, 0.15) is 18.9 Å². The van der Waals surface area contributed by atoms with Gasteiger partial charge in [-0.3, -0.25) is 0 Å². The maximum Gasteiger partial charge on any atom is 0.339 e. The van der Waals surface area contributed by atoms with Crippen molar-refractivity contribution in [2.45, 2.75) is 67.6 Å². The molecule has 6 N–H and O–H groups in total. The second kappa shape index (κ2) is 11.3. The molecule has 1 aliphatic carbocycles. The van der Waals surface area contributed by atoms with Crippen LogP contribution < -0.4 is 0 Å². The molecule has 10 atom stereocenters. The Kier molecular flexibility index (Phi) is 8.44. The number of carbonyl (C=O) groups is 2. The molecular formula is C26H32O13. The number of benzene rings is 1. The molecule has 0 radical (unpaired) electrons. The number of hydrogen-bond donors (Lipinski definition) is 6. The molecule has 2 fully saturated rings. The van der Waals surface area contributed by atoms with Crippen molar-refractivity contribution in [2.75, 3.05) is 13.7 Å². The van der Waals surface area contributed by atoms with Gasteiger partial charge in [0.25, 0.3) is 0 Å². The lowest BCUT2D eigenvalue weighted by Gasteiger charge is -2.46. The molecule has 1 saturated carbocycles. The predicted octanol–water partition coefficient (Wildman–Crippen LogP) is -1.66. The molecule has 214 valence electrons. The Morgan fingerprint density at radius 2 is 1.77 bits per heavy atom. The predicted molar refractivity (Wildman–Crippen MR) is 129 cm³/mol.